The molecule has 2 unspecified atom stereocenters. The molecule has 0 radical (unpaired) electrons. The minimum Gasteiger partial charge on any atom is -0.495 e. The van der Waals surface area contributed by atoms with Gasteiger partial charge in [0.2, 0.25) is 5.95 Å². The molecule has 0 bridgehead atoms. The van der Waals surface area contributed by atoms with Crippen LogP contribution >= 0.6 is 11.6 Å². The molecular formula is C28H30ClN7O9. The number of hydrogen-bond donors (Lipinski definition) is 6. The van der Waals surface area contributed by atoms with E-state index in [1.165, 1.54) is 30.6 Å². The summed E-state index contributed by atoms with van der Waals surface area (Å²) < 4.78 is 5.18. The van der Waals surface area contributed by atoms with Crippen molar-refractivity contribution in [1.29, 1.82) is 0 Å². The van der Waals surface area contributed by atoms with Gasteiger partial charge in [0, 0.05) is 37.7 Å². The molecule has 3 atom stereocenters. The van der Waals surface area contributed by atoms with Crippen LogP contribution < -0.4 is 20.3 Å². The summed E-state index contributed by atoms with van der Waals surface area (Å²) in [6.45, 7) is 0.309. The van der Waals surface area contributed by atoms with E-state index in [9.17, 15) is 39.6 Å². The Kier molecular flexibility index (Phi) is 10.3. The number of nitrogens with one attached hydrogen (secondary N) is 2. The van der Waals surface area contributed by atoms with Crippen LogP contribution in [0.3, 0.4) is 0 Å². The summed E-state index contributed by atoms with van der Waals surface area (Å²) in [7, 11) is 1.48. The van der Waals surface area contributed by atoms with E-state index in [0.717, 1.165) is 0 Å². The smallest absolute Gasteiger partial charge is 0.337 e. The number of anilines is 2. The molecule has 0 spiro atoms. The average molecular weight is 644 g/mol. The molecule has 1 aliphatic heterocycles. The monoisotopic (exact) mass is 643 g/mol. The third-order valence-corrected chi connectivity index (χ3v) is 7.53. The molecule has 16 nitrogen and oxygen atoms in total. The van der Waals surface area contributed by atoms with Crippen LogP contribution in [0.4, 0.5) is 11.8 Å². The molecule has 238 valence electrons. The second-order valence-electron chi connectivity index (χ2n) is 10.1. The number of methoxy groups -OCH3 is 1. The molecule has 3 heterocycles. The van der Waals surface area contributed by atoms with Crippen LogP contribution in [-0.2, 0) is 27.5 Å². The van der Waals surface area contributed by atoms with Crippen LogP contribution in [0, 0.1) is 5.92 Å². The van der Waals surface area contributed by atoms with E-state index >= 15 is 0 Å². The van der Waals surface area contributed by atoms with E-state index < -0.39 is 47.8 Å². The minimum atomic E-state index is -3.13. The van der Waals surface area contributed by atoms with E-state index in [-0.39, 0.29) is 43.4 Å². The standard InChI is InChI=1S/C28H30ClN7O9/c1-45-19-6-5-15(10-17(19)29)12-32-23-16(24(39)33-14-20-30-7-3-8-31-20)13-34-27(35-23)36-9-2-4-18(36)22(25(40)41)28(44,26(42)43)11-21(37)38/h3,5-8,10,13,18,22,44H,2,4,9,11-12,14H2,1H3,(H,33,39)(H,37,38)(H,40,41)(H,42,43)(H,32,34,35)/t18?,22-,28?/m1/s1. The molecule has 45 heavy (non-hydrogen) atoms. The first-order chi connectivity index (χ1) is 21.4. The number of carboxylic acids is 3. The van der Waals surface area contributed by atoms with Crippen molar-refractivity contribution in [3.8, 4) is 5.75 Å². The maximum atomic E-state index is 13.2. The number of rotatable bonds is 14. The van der Waals surface area contributed by atoms with Crippen molar-refractivity contribution in [2.24, 2.45) is 5.92 Å². The quantitative estimate of drug-likeness (QED) is 0.146. The van der Waals surface area contributed by atoms with Gasteiger partial charge >= 0.3 is 17.9 Å². The highest BCUT2D eigenvalue weighted by molar-refractivity contribution is 6.32. The van der Waals surface area contributed by atoms with Crippen molar-refractivity contribution in [1.82, 2.24) is 25.3 Å². The summed E-state index contributed by atoms with van der Waals surface area (Å²) in [5.41, 5.74) is -2.40. The molecule has 0 saturated carbocycles. The number of nitrogens with zero attached hydrogens (tertiary/aromatic N) is 5. The normalized spacial score (nSPS) is 16.3. The zero-order valence-electron chi connectivity index (χ0n) is 23.9. The molecule has 17 heteroatoms. The maximum Gasteiger partial charge on any atom is 0.337 e. The number of amides is 1. The van der Waals surface area contributed by atoms with Crippen LogP contribution in [0.1, 0.15) is 41.0 Å². The van der Waals surface area contributed by atoms with Gasteiger partial charge in [-0.05, 0) is 36.6 Å². The Morgan fingerprint density at radius 2 is 1.87 bits per heavy atom. The number of carbonyl (C=O) groups is 4. The van der Waals surface area contributed by atoms with Gasteiger partial charge in [-0.1, -0.05) is 17.7 Å². The molecule has 4 rings (SSSR count). The van der Waals surface area contributed by atoms with Crippen molar-refractivity contribution in [3.63, 3.8) is 0 Å². The number of hydrogen-bond acceptors (Lipinski definition) is 12. The lowest BCUT2D eigenvalue weighted by Crippen LogP contribution is -2.58. The molecule has 6 N–H and O–H groups in total. The SMILES string of the molecule is COc1ccc(CNc2nc(N3CCCC3[C@H](C(=O)O)C(O)(CC(=O)O)C(=O)O)ncc2C(=O)NCc2ncccn2)cc1Cl. The Bertz CT molecular complexity index is 1580. The number of aliphatic carboxylic acids is 3. The number of benzene rings is 1. The Balaban J connectivity index is 1.68. The number of carboxylic acid groups (broad SMARTS) is 3. The van der Waals surface area contributed by atoms with E-state index in [1.54, 1.807) is 24.3 Å². The van der Waals surface area contributed by atoms with Crippen molar-refractivity contribution < 1.29 is 44.3 Å². The number of aliphatic hydroxyl groups is 1. The molecule has 1 aliphatic rings. The molecular weight excluding hydrogens is 614 g/mol. The lowest BCUT2D eigenvalue weighted by atomic mass is 9.78. The lowest BCUT2D eigenvalue weighted by molar-refractivity contribution is -0.180. The van der Waals surface area contributed by atoms with Gasteiger partial charge in [-0.3, -0.25) is 14.4 Å². The lowest BCUT2D eigenvalue weighted by Gasteiger charge is -2.36. The van der Waals surface area contributed by atoms with E-state index in [1.807, 2.05) is 0 Å². The van der Waals surface area contributed by atoms with Gasteiger partial charge in [-0.25, -0.2) is 19.7 Å². The predicted molar refractivity (Wildman–Crippen MR) is 157 cm³/mol. The fourth-order valence-electron chi connectivity index (χ4n) is 5.12. The van der Waals surface area contributed by atoms with Crippen LogP contribution in [-0.4, -0.2) is 89.5 Å². The van der Waals surface area contributed by atoms with Gasteiger partial charge in [-0.2, -0.15) is 4.98 Å². The summed E-state index contributed by atoms with van der Waals surface area (Å²) in [6, 6.07) is 5.51. The highest BCUT2D eigenvalue weighted by Crippen LogP contribution is 2.36. The van der Waals surface area contributed by atoms with Gasteiger partial charge in [0.1, 0.15) is 28.9 Å². The average Bonchev–Trinajstić information content (AvgIpc) is 3.47. The first-order valence-corrected chi connectivity index (χ1v) is 14.0. The topological polar surface area (TPSA) is 237 Å². The highest BCUT2D eigenvalue weighted by Gasteiger charge is 2.56. The third-order valence-electron chi connectivity index (χ3n) is 7.24. The van der Waals surface area contributed by atoms with Crippen molar-refractivity contribution in [2.45, 2.75) is 44.0 Å². The summed E-state index contributed by atoms with van der Waals surface area (Å²) in [5, 5.41) is 46.0. The number of ether oxygens (including phenoxy) is 1. The Hall–Kier alpha value is -5.09. The summed E-state index contributed by atoms with van der Waals surface area (Å²) >= 11 is 6.26. The van der Waals surface area contributed by atoms with E-state index in [2.05, 4.69) is 30.6 Å². The Morgan fingerprint density at radius 1 is 1.13 bits per heavy atom. The first kappa shape index (κ1) is 32.8. The second kappa shape index (κ2) is 14.1. The fraction of sp³-hybridized carbons (Fsp3) is 0.357. The van der Waals surface area contributed by atoms with Gasteiger partial charge in [-0.15, -0.1) is 0 Å². The number of carbonyl (C=O) groups excluding carboxylic acids is 1. The second-order valence-corrected chi connectivity index (χ2v) is 10.5. The molecule has 1 amide bonds. The molecule has 1 aromatic carbocycles. The van der Waals surface area contributed by atoms with Gasteiger partial charge in [0.05, 0.1) is 25.1 Å². The minimum absolute atomic E-state index is 0.000785. The molecule has 1 saturated heterocycles. The molecule has 3 aromatic rings. The van der Waals surface area contributed by atoms with Gasteiger partial charge in [0.25, 0.3) is 5.91 Å². The summed E-state index contributed by atoms with van der Waals surface area (Å²) in [4.78, 5) is 67.3. The third kappa shape index (κ3) is 7.53. The number of halogens is 1. The maximum absolute atomic E-state index is 13.2. The van der Waals surface area contributed by atoms with Crippen molar-refractivity contribution in [2.75, 3.05) is 23.9 Å². The largest absolute Gasteiger partial charge is 0.495 e. The zero-order valence-corrected chi connectivity index (χ0v) is 24.6. The van der Waals surface area contributed by atoms with Crippen LogP contribution in [0.25, 0.3) is 0 Å². The van der Waals surface area contributed by atoms with Gasteiger partial charge < -0.3 is 40.7 Å². The molecule has 1 fully saturated rings. The van der Waals surface area contributed by atoms with E-state index in [0.29, 0.717) is 28.6 Å². The van der Waals surface area contributed by atoms with Gasteiger partial charge in [0.15, 0.2) is 5.60 Å². The predicted octanol–water partition coefficient (Wildman–Crippen LogP) is 1.43. The Labute approximate surface area is 261 Å². The van der Waals surface area contributed by atoms with Crippen LogP contribution in [0.5, 0.6) is 5.75 Å². The molecule has 2 aromatic heterocycles. The van der Waals surface area contributed by atoms with E-state index in [4.69, 9.17) is 16.3 Å². The van der Waals surface area contributed by atoms with Crippen LogP contribution in [0.15, 0.2) is 42.9 Å². The van der Waals surface area contributed by atoms with Crippen LogP contribution in [0.2, 0.25) is 5.02 Å². The number of aromatic nitrogens is 4. The zero-order chi connectivity index (χ0) is 32.7. The highest BCUT2D eigenvalue weighted by atomic mass is 35.5. The first-order valence-electron chi connectivity index (χ1n) is 13.6. The molecule has 0 aliphatic carbocycles. The van der Waals surface area contributed by atoms with Crippen molar-refractivity contribution >= 4 is 47.2 Å². The summed E-state index contributed by atoms with van der Waals surface area (Å²) in [6.07, 6.45) is 3.40. The van der Waals surface area contributed by atoms with Crippen molar-refractivity contribution in [3.05, 3.63) is 64.8 Å². The fourth-order valence-corrected chi connectivity index (χ4v) is 5.40. The summed E-state index contributed by atoms with van der Waals surface area (Å²) in [5.74, 6) is -7.20. The Morgan fingerprint density at radius 3 is 2.49 bits per heavy atom.